The van der Waals surface area contributed by atoms with Gasteiger partial charge in [0.15, 0.2) is 9.84 Å². The third-order valence-corrected chi connectivity index (χ3v) is 4.11. The molecule has 0 heterocycles. The Morgan fingerprint density at radius 2 is 1.87 bits per heavy atom. The number of carbonyl (C=O) groups is 1. The molecule has 1 atom stereocenters. The van der Waals surface area contributed by atoms with E-state index in [-0.39, 0.29) is 10.6 Å². The molecule has 0 aliphatic heterocycles. The summed E-state index contributed by atoms with van der Waals surface area (Å²) < 4.78 is 23.6. The van der Waals surface area contributed by atoms with Gasteiger partial charge in [0.1, 0.15) is 6.29 Å². The van der Waals surface area contributed by atoms with Crippen molar-refractivity contribution in [1.29, 1.82) is 0 Å². The minimum absolute atomic E-state index is 0.100. The molecule has 0 aromatic heterocycles. The molecule has 0 saturated carbocycles. The van der Waals surface area contributed by atoms with Crippen LogP contribution in [0.3, 0.4) is 0 Å². The normalized spacial score (nSPS) is 13.4. The molecule has 0 saturated heterocycles. The van der Waals surface area contributed by atoms with Crippen LogP contribution in [0.2, 0.25) is 0 Å². The van der Waals surface area contributed by atoms with Crippen molar-refractivity contribution in [1.82, 2.24) is 0 Å². The molecule has 1 rings (SSSR count). The number of hydrogen-bond acceptors (Lipinski definition) is 3. The Morgan fingerprint density at radius 3 is 2.33 bits per heavy atom. The highest BCUT2D eigenvalue weighted by molar-refractivity contribution is 7.91. The number of benzene rings is 1. The van der Waals surface area contributed by atoms with E-state index in [9.17, 15) is 13.2 Å². The van der Waals surface area contributed by atoms with E-state index in [0.29, 0.717) is 12.7 Å². The first-order chi connectivity index (χ1) is 7.10. The van der Waals surface area contributed by atoms with E-state index in [0.717, 1.165) is 0 Å². The molecular weight excluding hydrogens is 212 g/mol. The Kier molecular flexibility index (Phi) is 4.03. The second kappa shape index (κ2) is 5.07. The average molecular weight is 226 g/mol. The lowest BCUT2D eigenvalue weighted by atomic mass is 10.1. The zero-order chi connectivity index (χ0) is 11.3. The van der Waals surface area contributed by atoms with Crippen molar-refractivity contribution in [2.24, 2.45) is 5.92 Å². The fourth-order valence-electron chi connectivity index (χ4n) is 1.26. The molecule has 3 nitrogen and oxygen atoms in total. The maximum Gasteiger partial charge on any atom is 0.179 e. The lowest BCUT2D eigenvalue weighted by Crippen LogP contribution is -2.16. The molecule has 1 aromatic rings. The van der Waals surface area contributed by atoms with Crippen LogP contribution in [0.15, 0.2) is 35.2 Å². The number of hydrogen-bond donors (Lipinski definition) is 0. The molecule has 4 heteroatoms. The van der Waals surface area contributed by atoms with Gasteiger partial charge in [0.2, 0.25) is 0 Å². The fourth-order valence-corrected chi connectivity index (χ4v) is 2.90. The van der Waals surface area contributed by atoms with Gasteiger partial charge in [-0.25, -0.2) is 8.42 Å². The van der Waals surface area contributed by atoms with Gasteiger partial charge in [-0.15, -0.1) is 0 Å². The third-order valence-electron chi connectivity index (χ3n) is 2.25. The van der Waals surface area contributed by atoms with Crippen molar-refractivity contribution in [3.63, 3.8) is 0 Å². The van der Waals surface area contributed by atoms with Crippen LogP contribution in [-0.2, 0) is 14.6 Å². The van der Waals surface area contributed by atoms with Crippen molar-refractivity contribution in [2.75, 3.05) is 5.75 Å². The van der Waals surface area contributed by atoms with Crippen molar-refractivity contribution in [3.8, 4) is 0 Å². The monoisotopic (exact) mass is 226 g/mol. The number of rotatable bonds is 5. The lowest BCUT2D eigenvalue weighted by molar-refractivity contribution is -0.110. The predicted molar refractivity (Wildman–Crippen MR) is 58.3 cm³/mol. The zero-order valence-corrected chi connectivity index (χ0v) is 9.41. The summed E-state index contributed by atoms with van der Waals surface area (Å²) in [5, 5.41) is 0. The minimum atomic E-state index is -3.31. The van der Waals surface area contributed by atoms with Crippen molar-refractivity contribution < 1.29 is 13.2 Å². The molecule has 0 N–H and O–H groups in total. The Bertz CT molecular complexity index is 409. The molecule has 1 aromatic carbocycles. The van der Waals surface area contributed by atoms with Gasteiger partial charge in [-0.2, -0.15) is 0 Å². The molecule has 0 bridgehead atoms. The number of sulfone groups is 1. The summed E-state index contributed by atoms with van der Waals surface area (Å²) in [5.41, 5.74) is 0. The quantitative estimate of drug-likeness (QED) is 0.718. The van der Waals surface area contributed by atoms with Crippen LogP contribution in [-0.4, -0.2) is 20.5 Å². The van der Waals surface area contributed by atoms with Gasteiger partial charge in [-0.1, -0.05) is 25.1 Å². The smallest absolute Gasteiger partial charge is 0.179 e. The number of aldehydes is 1. The van der Waals surface area contributed by atoms with Crippen LogP contribution < -0.4 is 0 Å². The topological polar surface area (TPSA) is 51.2 Å². The maximum absolute atomic E-state index is 11.8. The highest BCUT2D eigenvalue weighted by Gasteiger charge is 2.19. The van der Waals surface area contributed by atoms with E-state index in [1.165, 1.54) is 0 Å². The largest absolute Gasteiger partial charge is 0.303 e. The molecule has 0 aliphatic rings. The Labute approximate surface area is 90.0 Å². The first kappa shape index (κ1) is 11.9. The summed E-state index contributed by atoms with van der Waals surface area (Å²) in [6.07, 6.45) is 1.26. The summed E-state index contributed by atoms with van der Waals surface area (Å²) in [4.78, 5) is 10.9. The van der Waals surface area contributed by atoms with Crippen LogP contribution in [0.5, 0.6) is 0 Å². The first-order valence-electron chi connectivity index (χ1n) is 4.83. The van der Waals surface area contributed by atoms with Gasteiger partial charge in [0.25, 0.3) is 0 Å². The number of carbonyl (C=O) groups excluding carboxylic acids is 1. The van der Waals surface area contributed by atoms with Gasteiger partial charge in [-0.05, 0) is 18.6 Å². The Balaban J connectivity index is 2.90. The molecule has 0 fully saturated rings. The van der Waals surface area contributed by atoms with E-state index < -0.39 is 15.8 Å². The van der Waals surface area contributed by atoms with Crippen molar-refractivity contribution in [3.05, 3.63) is 30.3 Å². The second-order valence-corrected chi connectivity index (χ2v) is 5.43. The van der Waals surface area contributed by atoms with Crippen LogP contribution in [0.1, 0.15) is 13.3 Å². The van der Waals surface area contributed by atoms with Crippen molar-refractivity contribution in [2.45, 2.75) is 18.2 Å². The highest BCUT2D eigenvalue weighted by atomic mass is 32.2. The molecule has 0 spiro atoms. The summed E-state index contributed by atoms with van der Waals surface area (Å²) in [6, 6.07) is 8.21. The molecule has 0 radical (unpaired) electrons. The third kappa shape index (κ3) is 3.16. The average Bonchev–Trinajstić information content (AvgIpc) is 2.27. The zero-order valence-electron chi connectivity index (χ0n) is 8.59. The lowest BCUT2D eigenvalue weighted by Gasteiger charge is -2.08. The SMILES string of the molecule is CC[C@@H](C=O)CS(=O)(=O)c1ccccc1. The standard InChI is InChI=1S/C11H14O3S/c1-2-10(8-12)9-15(13,14)11-6-4-3-5-7-11/h3-8,10H,2,9H2,1H3/t10-/m0/s1. The van der Waals surface area contributed by atoms with E-state index in [4.69, 9.17) is 0 Å². The molecule has 82 valence electrons. The van der Waals surface area contributed by atoms with Crippen LogP contribution in [0.25, 0.3) is 0 Å². The Hall–Kier alpha value is -1.16. The van der Waals surface area contributed by atoms with Gasteiger partial charge in [0, 0.05) is 5.92 Å². The first-order valence-corrected chi connectivity index (χ1v) is 6.48. The molecule has 0 amide bonds. The second-order valence-electron chi connectivity index (χ2n) is 3.40. The summed E-state index contributed by atoms with van der Waals surface area (Å²) in [5.74, 6) is -0.507. The van der Waals surface area contributed by atoms with Crippen LogP contribution in [0.4, 0.5) is 0 Å². The van der Waals surface area contributed by atoms with Crippen molar-refractivity contribution >= 4 is 16.1 Å². The van der Waals surface area contributed by atoms with E-state index in [2.05, 4.69) is 0 Å². The van der Waals surface area contributed by atoms with Gasteiger partial charge in [0.05, 0.1) is 10.6 Å². The summed E-state index contributed by atoms with van der Waals surface area (Å²) >= 11 is 0. The van der Waals surface area contributed by atoms with Gasteiger partial charge >= 0.3 is 0 Å². The van der Waals surface area contributed by atoms with Gasteiger partial charge in [-0.3, -0.25) is 0 Å². The van der Waals surface area contributed by atoms with E-state index in [1.54, 1.807) is 37.3 Å². The Morgan fingerprint density at radius 1 is 1.27 bits per heavy atom. The summed E-state index contributed by atoms with van der Waals surface area (Å²) in [6.45, 7) is 1.81. The van der Waals surface area contributed by atoms with Crippen LogP contribution >= 0.6 is 0 Å². The van der Waals surface area contributed by atoms with Crippen LogP contribution in [0, 0.1) is 5.92 Å². The summed E-state index contributed by atoms with van der Waals surface area (Å²) in [7, 11) is -3.31. The highest BCUT2D eigenvalue weighted by Crippen LogP contribution is 2.14. The van der Waals surface area contributed by atoms with E-state index in [1.807, 2.05) is 0 Å². The minimum Gasteiger partial charge on any atom is -0.303 e. The van der Waals surface area contributed by atoms with E-state index >= 15 is 0 Å². The molecular formula is C11H14O3S. The fraction of sp³-hybridized carbons (Fsp3) is 0.364. The predicted octanol–water partition coefficient (Wildman–Crippen LogP) is 1.69. The molecule has 0 aliphatic carbocycles. The maximum atomic E-state index is 11.8. The van der Waals surface area contributed by atoms with Gasteiger partial charge < -0.3 is 4.79 Å². The molecule has 15 heavy (non-hydrogen) atoms. The molecule has 0 unspecified atom stereocenters.